The van der Waals surface area contributed by atoms with Crippen LogP contribution >= 0.6 is 11.6 Å². The first-order valence-corrected chi connectivity index (χ1v) is 11.7. The second-order valence-electron chi connectivity index (χ2n) is 6.95. The Balaban J connectivity index is 1.38. The van der Waals surface area contributed by atoms with Crippen molar-refractivity contribution in [1.82, 2.24) is 24.5 Å². The number of nitrogens with one attached hydrogen (secondary N) is 1. The normalized spacial score (nSPS) is 11.9. The smallest absolute Gasteiger partial charge is 0.233 e. The van der Waals surface area contributed by atoms with Gasteiger partial charge in [-0.05, 0) is 36.8 Å². The van der Waals surface area contributed by atoms with Gasteiger partial charge in [-0.3, -0.25) is 0 Å². The van der Waals surface area contributed by atoms with Crippen LogP contribution < -0.4 is 9.46 Å². The third kappa shape index (κ3) is 5.31. The van der Waals surface area contributed by atoms with Gasteiger partial charge in [-0.1, -0.05) is 53.6 Å². The fraction of sp³-hybridized carbons (Fsp3) is 0.136. The molecule has 164 valence electrons. The first-order valence-electron chi connectivity index (χ1n) is 9.76. The van der Waals surface area contributed by atoms with E-state index in [9.17, 15) is 8.42 Å². The Labute approximate surface area is 190 Å². The fourth-order valence-electron chi connectivity index (χ4n) is 2.89. The van der Waals surface area contributed by atoms with Gasteiger partial charge in [0.05, 0.1) is 5.02 Å². The molecule has 1 N–H and O–H groups in total. The molecule has 0 saturated carbocycles. The van der Waals surface area contributed by atoms with Crippen molar-refractivity contribution >= 4 is 33.3 Å². The molecule has 2 heterocycles. The number of ether oxygens (including phenoxy) is 1. The highest BCUT2D eigenvalue weighted by Crippen LogP contribution is 2.26. The Bertz CT molecular complexity index is 1370. The lowest BCUT2D eigenvalue weighted by atomic mass is 10.2. The molecule has 2 aromatic heterocycles. The molecule has 0 saturated heterocycles. The van der Waals surface area contributed by atoms with E-state index in [4.69, 9.17) is 16.3 Å². The summed E-state index contributed by atoms with van der Waals surface area (Å²) in [4.78, 5) is 0. The molecule has 0 fully saturated rings. The van der Waals surface area contributed by atoms with Gasteiger partial charge in [0.15, 0.2) is 11.5 Å². The zero-order valence-corrected chi connectivity index (χ0v) is 18.7. The van der Waals surface area contributed by atoms with E-state index in [1.54, 1.807) is 24.3 Å². The lowest BCUT2D eigenvalue weighted by Gasteiger charge is -2.07. The minimum Gasteiger partial charge on any atom is -0.475 e. The number of aromatic nitrogens is 4. The van der Waals surface area contributed by atoms with E-state index in [0.717, 1.165) is 16.5 Å². The molecule has 2 aromatic carbocycles. The summed E-state index contributed by atoms with van der Waals surface area (Å²) in [7, 11) is -3.59. The first kappa shape index (κ1) is 21.9. The van der Waals surface area contributed by atoms with Crippen molar-refractivity contribution in [3.05, 3.63) is 82.2 Å². The van der Waals surface area contributed by atoms with Crippen molar-refractivity contribution in [2.45, 2.75) is 6.92 Å². The molecule has 0 spiro atoms. The van der Waals surface area contributed by atoms with Crippen molar-refractivity contribution < 1.29 is 13.2 Å². The Morgan fingerprint density at radius 3 is 2.62 bits per heavy atom. The number of rotatable bonds is 8. The van der Waals surface area contributed by atoms with E-state index < -0.39 is 10.0 Å². The predicted molar refractivity (Wildman–Crippen MR) is 124 cm³/mol. The summed E-state index contributed by atoms with van der Waals surface area (Å²) in [6.07, 6.45) is 1.54. The van der Waals surface area contributed by atoms with Gasteiger partial charge in [0, 0.05) is 23.6 Å². The molecule has 0 aliphatic rings. The molecule has 0 radical (unpaired) electrons. The van der Waals surface area contributed by atoms with Crippen LogP contribution in [0, 0.1) is 6.92 Å². The second kappa shape index (κ2) is 9.47. The van der Waals surface area contributed by atoms with Gasteiger partial charge >= 0.3 is 0 Å². The third-order valence-electron chi connectivity index (χ3n) is 4.53. The number of fused-ring (bicyclic) bond motifs is 1. The Kier molecular flexibility index (Phi) is 6.50. The second-order valence-corrected chi connectivity index (χ2v) is 9.00. The van der Waals surface area contributed by atoms with Crippen molar-refractivity contribution in [2.24, 2.45) is 0 Å². The summed E-state index contributed by atoms with van der Waals surface area (Å²) in [6, 6.07) is 18.2. The Hall–Kier alpha value is -3.27. The SMILES string of the molecule is Cc1ccc(/C=C/S(=O)(=O)NCCOc2ccc3nnc(-c4ccccc4Cl)n3n2)cc1. The molecular weight excluding hydrogens is 450 g/mol. The van der Waals surface area contributed by atoms with Crippen LogP contribution in [0.15, 0.2) is 66.1 Å². The monoisotopic (exact) mass is 469 g/mol. The molecular formula is C22H20ClN5O3S. The molecule has 10 heteroatoms. The van der Waals surface area contributed by atoms with Crippen molar-refractivity contribution in [1.29, 1.82) is 0 Å². The molecule has 4 rings (SSSR count). The first-order chi connectivity index (χ1) is 15.4. The van der Waals surface area contributed by atoms with E-state index in [1.165, 1.54) is 4.52 Å². The third-order valence-corrected chi connectivity index (χ3v) is 5.96. The van der Waals surface area contributed by atoms with Crippen LogP contribution in [0.4, 0.5) is 0 Å². The molecule has 0 aliphatic carbocycles. The van der Waals surface area contributed by atoms with Gasteiger partial charge in [-0.2, -0.15) is 4.52 Å². The number of aryl methyl sites for hydroxylation is 1. The zero-order chi connectivity index (χ0) is 22.6. The van der Waals surface area contributed by atoms with Crippen molar-refractivity contribution in [2.75, 3.05) is 13.2 Å². The van der Waals surface area contributed by atoms with Crippen LogP contribution in [0.25, 0.3) is 23.1 Å². The van der Waals surface area contributed by atoms with E-state index >= 15 is 0 Å². The van der Waals surface area contributed by atoms with Crippen LogP contribution in [0.5, 0.6) is 5.88 Å². The number of benzene rings is 2. The van der Waals surface area contributed by atoms with Crippen LogP contribution in [-0.2, 0) is 10.0 Å². The van der Waals surface area contributed by atoms with Gasteiger partial charge < -0.3 is 4.74 Å². The van der Waals surface area contributed by atoms with Gasteiger partial charge in [0.25, 0.3) is 0 Å². The summed E-state index contributed by atoms with van der Waals surface area (Å²) >= 11 is 6.26. The Morgan fingerprint density at radius 1 is 1.06 bits per heavy atom. The fourth-order valence-corrected chi connectivity index (χ4v) is 3.91. The summed E-state index contributed by atoms with van der Waals surface area (Å²) in [5.41, 5.74) is 3.14. The zero-order valence-electron chi connectivity index (χ0n) is 17.1. The van der Waals surface area contributed by atoms with Gasteiger partial charge in [0.2, 0.25) is 15.9 Å². The molecule has 0 aliphatic heterocycles. The topological polar surface area (TPSA) is 98.5 Å². The molecule has 4 aromatic rings. The highest BCUT2D eigenvalue weighted by molar-refractivity contribution is 7.92. The highest BCUT2D eigenvalue weighted by atomic mass is 35.5. The summed E-state index contributed by atoms with van der Waals surface area (Å²) in [5.74, 6) is 0.790. The van der Waals surface area contributed by atoms with E-state index in [2.05, 4.69) is 20.0 Å². The molecule has 8 nitrogen and oxygen atoms in total. The molecule has 0 bridgehead atoms. The minimum absolute atomic E-state index is 0.0832. The lowest BCUT2D eigenvalue weighted by molar-refractivity contribution is 0.306. The number of halogens is 1. The molecule has 0 atom stereocenters. The van der Waals surface area contributed by atoms with Crippen LogP contribution in [0.3, 0.4) is 0 Å². The van der Waals surface area contributed by atoms with Gasteiger partial charge in [0.1, 0.15) is 6.61 Å². The lowest BCUT2D eigenvalue weighted by Crippen LogP contribution is -2.26. The highest BCUT2D eigenvalue weighted by Gasteiger charge is 2.13. The maximum atomic E-state index is 12.2. The van der Waals surface area contributed by atoms with E-state index in [-0.39, 0.29) is 13.2 Å². The minimum atomic E-state index is -3.59. The molecule has 32 heavy (non-hydrogen) atoms. The van der Waals surface area contributed by atoms with Gasteiger partial charge in [-0.15, -0.1) is 15.3 Å². The van der Waals surface area contributed by atoms with Crippen molar-refractivity contribution in [3.63, 3.8) is 0 Å². The maximum Gasteiger partial charge on any atom is 0.233 e. The summed E-state index contributed by atoms with van der Waals surface area (Å²) in [6.45, 7) is 2.15. The van der Waals surface area contributed by atoms with Gasteiger partial charge in [-0.25, -0.2) is 13.1 Å². The average Bonchev–Trinajstić information content (AvgIpc) is 3.20. The van der Waals surface area contributed by atoms with E-state index in [0.29, 0.717) is 27.9 Å². The molecule has 0 amide bonds. The average molecular weight is 470 g/mol. The quantitative estimate of drug-likeness (QED) is 0.395. The number of sulfonamides is 1. The van der Waals surface area contributed by atoms with Crippen molar-refractivity contribution in [3.8, 4) is 17.3 Å². The number of hydrogen-bond acceptors (Lipinski definition) is 6. The summed E-state index contributed by atoms with van der Waals surface area (Å²) in [5, 5.41) is 14.3. The number of hydrogen-bond donors (Lipinski definition) is 1. The Morgan fingerprint density at radius 2 is 1.84 bits per heavy atom. The maximum absolute atomic E-state index is 12.2. The summed E-state index contributed by atoms with van der Waals surface area (Å²) < 4.78 is 33.9. The number of nitrogens with zero attached hydrogens (tertiary/aromatic N) is 4. The standard InChI is InChI=1S/C22H20ClN5O3S/c1-16-6-8-17(9-7-16)12-15-32(29,30)24-13-14-31-21-11-10-20-25-26-22(28(20)27-21)18-4-2-3-5-19(18)23/h2-12,15,24H,13-14H2,1H3/b15-12+. The van der Waals surface area contributed by atoms with E-state index in [1.807, 2.05) is 49.4 Å². The predicted octanol–water partition coefficient (Wildman–Crippen LogP) is 3.72. The molecule has 0 unspecified atom stereocenters. The largest absolute Gasteiger partial charge is 0.475 e. The van der Waals surface area contributed by atoms with Crippen LogP contribution in [0.1, 0.15) is 11.1 Å². The van der Waals surface area contributed by atoms with Crippen LogP contribution in [0.2, 0.25) is 5.02 Å². The van der Waals surface area contributed by atoms with Crippen LogP contribution in [-0.4, -0.2) is 41.4 Å².